The second-order valence-electron chi connectivity index (χ2n) is 5.28. The van der Waals surface area contributed by atoms with E-state index in [0.717, 1.165) is 24.5 Å². The van der Waals surface area contributed by atoms with Gasteiger partial charge in [-0.2, -0.15) is 0 Å². The molecule has 0 bridgehead atoms. The van der Waals surface area contributed by atoms with Crippen molar-refractivity contribution in [2.24, 2.45) is 0 Å². The van der Waals surface area contributed by atoms with Crippen LogP contribution in [0.25, 0.3) is 0 Å². The number of likely N-dealkylation sites (N-methyl/N-ethyl adjacent to an activating group) is 1. The van der Waals surface area contributed by atoms with Crippen molar-refractivity contribution in [1.29, 1.82) is 0 Å². The highest BCUT2D eigenvalue weighted by Crippen LogP contribution is 2.14. The molecule has 23 heavy (non-hydrogen) atoms. The summed E-state index contributed by atoms with van der Waals surface area (Å²) < 4.78 is 4.99. The Hall–Kier alpha value is -1.86. The smallest absolute Gasteiger partial charge is 0.323 e. The van der Waals surface area contributed by atoms with Crippen LogP contribution in [-0.4, -0.2) is 47.2 Å². The first-order chi connectivity index (χ1) is 11.1. The Labute approximate surface area is 141 Å². The maximum atomic E-state index is 12.6. The van der Waals surface area contributed by atoms with Crippen molar-refractivity contribution < 1.29 is 9.32 Å². The van der Waals surface area contributed by atoms with Crippen LogP contribution in [0.5, 0.6) is 0 Å². The van der Waals surface area contributed by atoms with E-state index in [1.807, 2.05) is 22.4 Å². The summed E-state index contributed by atoms with van der Waals surface area (Å²) in [5.74, 6) is 1.12. The molecule has 0 saturated carbocycles. The summed E-state index contributed by atoms with van der Waals surface area (Å²) in [5.41, 5.74) is 0. The van der Waals surface area contributed by atoms with Gasteiger partial charge in [0.25, 0.3) is 0 Å². The summed E-state index contributed by atoms with van der Waals surface area (Å²) in [6.07, 6.45) is 0. The van der Waals surface area contributed by atoms with Crippen molar-refractivity contribution in [3.63, 3.8) is 0 Å². The Morgan fingerprint density at radius 1 is 1.35 bits per heavy atom. The predicted octanol–water partition coefficient (Wildman–Crippen LogP) is 3.42. The highest BCUT2D eigenvalue weighted by molar-refractivity contribution is 7.09. The first-order valence-corrected chi connectivity index (χ1v) is 8.74. The second-order valence-corrected chi connectivity index (χ2v) is 6.31. The molecule has 2 aromatic heterocycles. The quantitative estimate of drug-likeness (QED) is 0.802. The molecule has 7 heteroatoms. The highest BCUT2D eigenvalue weighted by atomic mass is 32.1. The maximum Gasteiger partial charge on any atom is 0.323 e. The summed E-state index contributed by atoms with van der Waals surface area (Å²) in [4.78, 5) is 17.8. The average molecular weight is 336 g/mol. The molecule has 0 aliphatic carbocycles. The molecule has 2 aromatic rings. The summed E-state index contributed by atoms with van der Waals surface area (Å²) in [6.45, 7) is 10.1. The van der Waals surface area contributed by atoms with Crippen LogP contribution in [0.1, 0.15) is 24.5 Å². The summed E-state index contributed by atoms with van der Waals surface area (Å²) in [6, 6.07) is 5.61. The normalized spacial score (nSPS) is 11.0. The van der Waals surface area contributed by atoms with E-state index in [0.29, 0.717) is 24.7 Å². The van der Waals surface area contributed by atoms with Crippen molar-refractivity contribution in [3.05, 3.63) is 34.2 Å². The molecule has 0 spiro atoms. The van der Waals surface area contributed by atoms with Gasteiger partial charge in [-0.25, -0.2) is 4.79 Å². The van der Waals surface area contributed by atoms with Gasteiger partial charge in [0.1, 0.15) is 5.76 Å². The van der Waals surface area contributed by atoms with Gasteiger partial charge in [0, 0.05) is 24.0 Å². The van der Waals surface area contributed by atoms with Crippen LogP contribution >= 0.6 is 11.3 Å². The number of hydrogen-bond acceptors (Lipinski definition) is 5. The Morgan fingerprint density at radius 2 is 2.13 bits per heavy atom. The highest BCUT2D eigenvalue weighted by Gasteiger charge is 2.17. The molecule has 1 N–H and O–H groups in total. The Balaban J connectivity index is 2.00. The van der Waals surface area contributed by atoms with Crippen molar-refractivity contribution in [2.75, 3.05) is 31.5 Å². The fourth-order valence-electron chi connectivity index (χ4n) is 2.26. The lowest BCUT2D eigenvalue weighted by Crippen LogP contribution is -2.40. The van der Waals surface area contributed by atoms with E-state index in [4.69, 9.17) is 4.52 Å². The third-order valence-electron chi connectivity index (χ3n) is 3.66. The average Bonchev–Trinajstić information content (AvgIpc) is 3.18. The Morgan fingerprint density at radius 3 is 2.70 bits per heavy atom. The molecule has 0 saturated heterocycles. The number of nitrogens with zero attached hydrogens (tertiary/aromatic N) is 3. The largest absolute Gasteiger partial charge is 0.360 e. The molecule has 0 radical (unpaired) electrons. The molecule has 0 aromatic carbocycles. The lowest BCUT2D eigenvalue weighted by molar-refractivity contribution is 0.194. The number of rotatable bonds is 8. The molecule has 0 atom stereocenters. The standard InChI is InChI=1S/C16H24N4O2S/c1-4-19(5-2)8-9-20(12-14-7-6-10-23-14)16(21)17-15-11-13(3)22-18-15/h6-7,10-11H,4-5,8-9,12H2,1-3H3,(H,17,18,21). The summed E-state index contributed by atoms with van der Waals surface area (Å²) >= 11 is 1.66. The van der Waals surface area contributed by atoms with Crippen LogP contribution in [0.4, 0.5) is 10.6 Å². The number of hydrogen-bond donors (Lipinski definition) is 1. The van der Waals surface area contributed by atoms with Crippen LogP contribution in [0, 0.1) is 6.92 Å². The molecular formula is C16H24N4O2S. The molecule has 0 fully saturated rings. The van der Waals surface area contributed by atoms with Crippen LogP contribution in [0.15, 0.2) is 28.1 Å². The number of aromatic nitrogens is 1. The monoisotopic (exact) mass is 336 g/mol. The number of carbonyl (C=O) groups is 1. The number of amides is 2. The summed E-state index contributed by atoms with van der Waals surface area (Å²) in [7, 11) is 0. The second kappa shape index (κ2) is 8.69. The van der Waals surface area contributed by atoms with E-state index in [1.54, 1.807) is 24.3 Å². The SMILES string of the molecule is CCN(CC)CCN(Cc1cccs1)C(=O)Nc1cc(C)on1. The zero-order valence-electron chi connectivity index (χ0n) is 13.9. The van der Waals surface area contributed by atoms with Crippen LogP contribution in [-0.2, 0) is 6.54 Å². The third kappa shape index (κ3) is 5.37. The van der Waals surface area contributed by atoms with Gasteiger partial charge < -0.3 is 14.3 Å². The molecule has 2 rings (SSSR count). The number of anilines is 1. The minimum absolute atomic E-state index is 0.154. The molecular weight excluding hydrogens is 312 g/mol. The van der Waals surface area contributed by atoms with Gasteiger partial charge in [-0.15, -0.1) is 11.3 Å². The Kier molecular flexibility index (Phi) is 6.61. The zero-order chi connectivity index (χ0) is 16.7. The number of thiophene rings is 1. The minimum atomic E-state index is -0.154. The number of nitrogens with one attached hydrogen (secondary N) is 1. The van der Waals surface area contributed by atoms with Gasteiger partial charge in [0.2, 0.25) is 0 Å². The third-order valence-corrected chi connectivity index (χ3v) is 4.52. The molecule has 0 aliphatic rings. The Bertz CT molecular complexity index is 593. The summed E-state index contributed by atoms with van der Waals surface area (Å²) in [5, 5.41) is 8.65. The number of carbonyl (C=O) groups excluding carboxylic acids is 1. The van der Waals surface area contributed by atoms with Gasteiger partial charge in [-0.3, -0.25) is 5.32 Å². The molecule has 2 amide bonds. The molecule has 0 aliphatic heterocycles. The van der Waals surface area contributed by atoms with Crippen molar-refractivity contribution in [3.8, 4) is 0 Å². The van der Waals surface area contributed by atoms with Crippen LogP contribution < -0.4 is 5.32 Å². The van der Waals surface area contributed by atoms with Crippen LogP contribution in [0.2, 0.25) is 0 Å². The van der Waals surface area contributed by atoms with Gasteiger partial charge in [0.15, 0.2) is 5.82 Å². The van der Waals surface area contributed by atoms with E-state index < -0.39 is 0 Å². The lowest BCUT2D eigenvalue weighted by atomic mass is 10.4. The first kappa shape index (κ1) is 17.5. The van der Waals surface area contributed by atoms with Gasteiger partial charge >= 0.3 is 6.03 Å². The van der Waals surface area contributed by atoms with E-state index in [2.05, 4.69) is 29.2 Å². The van der Waals surface area contributed by atoms with E-state index >= 15 is 0 Å². The van der Waals surface area contributed by atoms with Crippen molar-refractivity contribution in [2.45, 2.75) is 27.3 Å². The topological polar surface area (TPSA) is 61.6 Å². The minimum Gasteiger partial charge on any atom is -0.360 e. The van der Waals surface area contributed by atoms with Gasteiger partial charge in [-0.1, -0.05) is 25.1 Å². The molecule has 2 heterocycles. The fraction of sp³-hybridized carbons (Fsp3) is 0.500. The maximum absolute atomic E-state index is 12.6. The fourth-order valence-corrected chi connectivity index (χ4v) is 2.98. The molecule has 0 unspecified atom stereocenters. The molecule has 6 nitrogen and oxygen atoms in total. The van der Waals surface area contributed by atoms with Crippen LogP contribution in [0.3, 0.4) is 0 Å². The lowest BCUT2D eigenvalue weighted by Gasteiger charge is -2.26. The number of aryl methyl sites for hydroxylation is 1. The van der Waals surface area contributed by atoms with Crippen molar-refractivity contribution >= 4 is 23.2 Å². The van der Waals surface area contributed by atoms with E-state index in [9.17, 15) is 4.79 Å². The van der Waals surface area contributed by atoms with E-state index in [1.165, 1.54) is 0 Å². The van der Waals surface area contributed by atoms with Gasteiger partial charge in [-0.05, 0) is 31.5 Å². The van der Waals surface area contributed by atoms with Gasteiger partial charge in [0.05, 0.1) is 6.54 Å². The van der Waals surface area contributed by atoms with E-state index in [-0.39, 0.29) is 6.03 Å². The number of urea groups is 1. The van der Waals surface area contributed by atoms with Crippen molar-refractivity contribution in [1.82, 2.24) is 15.0 Å². The molecule has 126 valence electrons. The first-order valence-electron chi connectivity index (χ1n) is 7.86. The zero-order valence-corrected chi connectivity index (χ0v) is 14.7. The predicted molar refractivity (Wildman–Crippen MR) is 92.8 cm³/mol.